The Balaban J connectivity index is 2.14. The number of fused-ring (bicyclic) bond motifs is 1. The molecule has 0 amide bonds. The summed E-state index contributed by atoms with van der Waals surface area (Å²) in [4.78, 5) is 6.61. The van der Waals surface area contributed by atoms with Gasteiger partial charge in [0, 0.05) is 16.0 Å². The van der Waals surface area contributed by atoms with Gasteiger partial charge in [0.1, 0.15) is 4.83 Å². The first-order valence-corrected chi connectivity index (χ1v) is 6.09. The van der Waals surface area contributed by atoms with Crippen molar-refractivity contribution in [2.75, 3.05) is 0 Å². The minimum Gasteiger partial charge on any atom is -0.384 e. The molecule has 2 nitrogen and oxygen atoms in total. The number of aryl methyl sites for hydroxylation is 1. The number of thiophene rings is 1. The van der Waals surface area contributed by atoms with Crippen molar-refractivity contribution in [2.45, 2.75) is 31.8 Å². The number of rotatable bonds is 1. The zero-order chi connectivity index (χ0) is 10.5. The quantitative estimate of drug-likeness (QED) is 0.800. The van der Waals surface area contributed by atoms with Crippen LogP contribution in [0.1, 0.15) is 29.8 Å². The Labute approximate surface area is 92.6 Å². The van der Waals surface area contributed by atoms with E-state index in [0.717, 1.165) is 40.1 Å². The van der Waals surface area contributed by atoms with Crippen molar-refractivity contribution >= 4 is 21.6 Å². The Kier molecular flexibility index (Phi) is 1.88. The molecule has 0 aliphatic heterocycles. The summed E-state index contributed by atoms with van der Waals surface area (Å²) in [6, 6.07) is 6.19. The molecule has 2 aromatic heterocycles. The van der Waals surface area contributed by atoms with E-state index in [1.807, 2.05) is 13.0 Å². The minimum atomic E-state index is -0.542. The Hall–Kier alpha value is -0.930. The van der Waals surface area contributed by atoms with Crippen molar-refractivity contribution in [2.24, 2.45) is 0 Å². The third kappa shape index (κ3) is 1.38. The molecule has 2 aromatic rings. The van der Waals surface area contributed by atoms with Gasteiger partial charge in [-0.3, -0.25) is 0 Å². The van der Waals surface area contributed by atoms with E-state index < -0.39 is 5.60 Å². The van der Waals surface area contributed by atoms with Crippen LogP contribution in [0.15, 0.2) is 18.2 Å². The van der Waals surface area contributed by atoms with E-state index >= 15 is 0 Å². The second kappa shape index (κ2) is 3.03. The molecule has 0 saturated heterocycles. The normalized spacial score (nSPS) is 19.1. The summed E-state index contributed by atoms with van der Waals surface area (Å²) in [5.74, 6) is 0. The molecule has 0 spiro atoms. The fourth-order valence-corrected chi connectivity index (χ4v) is 3.22. The third-order valence-electron chi connectivity index (χ3n) is 3.16. The summed E-state index contributed by atoms with van der Waals surface area (Å²) in [6.07, 6.45) is 2.94. The topological polar surface area (TPSA) is 33.1 Å². The van der Waals surface area contributed by atoms with E-state index in [0.29, 0.717) is 0 Å². The maximum atomic E-state index is 10.2. The van der Waals surface area contributed by atoms with Crippen LogP contribution in [-0.2, 0) is 5.60 Å². The predicted octanol–water partition coefficient (Wildman–Crippen LogP) is 2.98. The first kappa shape index (κ1) is 9.31. The van der Waals surface area contributed by atoms with Crippen molar-refractivity contribution in [1.82, 2.24) is 4.98 Å². The molecule has 1 fully saturated rings. The fraction of sp³-hybridized carbons (Fsp3) is 0.417. The minimum absolute atomic E-state index is 0.542. The highest BCUT2D eigenvalue weighted by molar-refractivity contribution is 7.18. The van der Waals surface area contributed by atoms with Gasteiger partial charge in [-0.2, -0.15) is 0 Å². The van der Waals surface area contributed by atoms with Crippen molar-refractivity contribution in [1.29, 1.82) is 0 Å². The van der Waals surface area contributed by atoms with Crippen molar-refractivity contribution in [3.8, 4) is 0 Å². The molecule has 0 unspecified atom stereocenters. The third-order valence-corrected chi connectivity index (χ3v) is 4.40. The number of aliphatic hydroxyl groups is 1. The van der Waals surface area contributed by atoms with Crippen molar-refractivity contribution in [3.63, 3.8) is 0 Å². The molecule has 1 saturated carbocycles. The van der Waals surface area contributed by atoms with Gasteiger partial charge in [-0.15, -0.1) is 11.3 Å². The molecule has 15 heavy (non-hydrogen) atoms. The zero-order valence-electron chi connectivity index (χ0n) is 8.66. The molecule has 0 radical (unpaired) electrons. The van der Waals surface area contributed by atoms with Crippen molar-refractivity contribution < 1.29 is 5.11 Å². The summed E-state index contributed by atoms with van der Waals surface area (Å²) < 4.78 is 0. The lowest BCUT2D eigenvalue weighted by molar-refractivity contribution is -0.0353. The average molecular weight is 219 g/mol. The van der Waals surface area contributed by atoms with Gasteiger partial charge in [0.05, 0.1) is 5.60 Å². The largest absolute Gasteiger partial charge is 0.384 e. The lowest BCUT2D eigenvalue weighted by Gasteiger charge is -2.35. The molecule has 1 aliphatic carbocycles. The van der Waals surface area contributed by atoms with E-state index in [9.17, 15) is 5.11 Å². The van der Waals surface area contributed by atoms with Crippen LogP contribution in [0.2, 0.25) is 0 Å². The molecule has 1 N–H and O–H groups in total. The van der Waals surface area contributed by atoms with Gasteiger partial charge in [0.25, 0.3) is 0 Å². The van der Waals surface area contributed by atoms with Crippen LogP contribution < -0.4 is 0 Å². The number of pyridine rings is 1. The standard InChI is InChI=1S/C12H13NOS/c1-8-3-4-9-7-10(15-11(9)13-8)12(14)5-2-6-12/h3-4,7,14H,2,5-6H2,1H3. The van der Waals surface area contributed by atoms with Crippen LogP contribution in [0, 0.1) is 6.92 Å². The second-order valence-corrected chi connectivity index (χ2v) is 5.37. The molecule has 0 atom stereocenters. The number of hydrogen-bond donors (Lipinski definition) is 1. The lowest BCUT2D eigenvalue weighted by Crippen LogP contribution is -2.32. The molecular weight excluding hydrogens is 206 g/mol. The Morgan fingerprint density at radius 3 is 2.87 bits per heavy atom. The van der Waals surface area contributed by atoms with Crippen LogP contribution in [0.5, 0.6) is 0 Å². The molecule has 0 aromatic carbocycles. The summed E-state index contributed by atoms with van der Waals surface area (Å²) >= 11 is 1.63. The summed E-state index contributed by atoms with van der Waals surface area (Å²) in [6.45, 7) is 2.00. The van der Waals surface area contributed by atoms with E-state index in [4.69, 9.17) is 0 Å². The van der Waals surface area contributed by atoms with E-state index in [-0.39, 0.29) is 0 Å². The van der Waals surface area contributed by atoms with Crippen molar-refractivity contribution in [3.05, 3.63) is 28.8 Å². The molecule has 78 valence electrons. The highest BCUT2D eigenvalue weighted by atomic mass is 32.1. The summed E-state index contributed by atoms with van der Waals surface area (Å²) in [7, 11) is 0. The molecular formula is C12H13NOS. The molecule has 0 bridgehead atoms. The van der Waals surface area contributed by atoms with E-state index in [1.54, 1.807) is 11.3 Å². The first-order chi connectivity index (χ1) is 7.17. The van der Waals surface area contributed by atoms with Gasteiger partial charge in [0.2, 0.25) is 0 Å². The van der Waals surface area contributed by atoms with Crippen LogP contribution in [0.25, 0.3) is 10.2 Å². The lowest BCUT2D eigenvalue weighted by atomic mass is 9.79. The maximum absolute atomic E-state index is 10.2. The smallest absolute Gasteiger partial charge is 0.123 e. The van der Waals surface area contributed by atoms with Crippen LogP contribution >= 0.6 is 11.3 Å². The highest BCUT2D eigenvalue weighted by Gasteiger charge is 2.37. The van der Waals surface area contributed by atoms with Crippen LogP contribution in [0.4, 0.5) is 0 Å². The molecule has 3 heteroatoms. The van der Waals surface area contributed by atoms with Gasteiger partial charge >= 0.3 is 0 Å². The molecule has 1 aliphatic rings. The van der Waals surface area contributed by atoms with Gasteiger partial charge in [-0.05, 0) is 38.3 Å². The number of hydrogen-bond acceptors (Lipinski definition) is 3. The van der Waals surface area contributed by atoms with E-state index in [1.165, 1.54) is 0 Å². The number of aromatic nitrogens is 1. The predicted molar refractivity (Wildman–Crippen MR) is 62.1 cm³/mol. The molecule has 3 rings (SSSR count). The number of nitrogens with zero attached hydrogens (tertiary/aromatic N) is 1. The monoisotopic (exact) mass is 219 g/mol. The Morgan fingerprint density at radius 1 is 1.40 bits per heavy atom. The van der Waals surface area contributed by atoms with Crippen LogP contribution in [0.3, 0.4) is 0 Å². The summed E-state index contributed by atoms with van der Waals surface area (Å²) in [5, 5.41) is 11.4. The van der Waals surface area contributed by atoms with Gasteiger partial charge in [-0.25, -0.2) is 4.98 Å². The fourth-order valence-electron chi connectivity index (χ4n) is 2.00. The summed E-state index contributed by atoms with van der Waals surface area (Å²) in [5.41, 5.74) is 0.496. The van der Waals surface area contributed by atoms with Crippen LogP contribution in [-0.4, -0.2) is 10.1 Å². The SMILES string of the molecule is Cc1ccc2cc(C3(O)CCC3)sc2n1. The van der Waals surface area contributed by atoms with Gasteiger partial charge in [-0.1, -0.05) is 6.07 Å². The molecule has 2 heterocycles. The zero-order valence-corrected chi connectivity index (χ0v) is 9.47. The van der Waals surface area contributed by atoms with Gasteiger partial charge < -0.3 is 5.11 Å². The maximum Gasteiger partial charge on any atom is 0.123 e. The van der Waals surface area contributed by atoms with E-state index in [2.05, 4.69) is 17.1 Å². The second-order valence-electron chi connectivity index (χ2n) is 4.34. The Bertz CT molecular complexity index is 513. The highest BCUT2D eigenvalue weighted by Crippen LogP contribution is 2.45. The first-order valence-electron chi connectivity index (χ1n) is 5.27. The van der Waals surface area contributed by atoms with Gasteiger partial charge in [0.15, 0.2) is 0 Å². The average Bonchev–Trinajstić information content (AvgIpc) is 2.57. The Morgan fingerprint density at radius 2 is 2.20 bits per heavy atom.